The summed E-state index contributed by atoms with van der Waals surface area (Å²) in [6.07, 6.45) is 5.43. The van der Waals surface area contributed by atoms with Gasteiger partial charge in [-0.3, -0.25) is 0 Å². The van der Waals surface area contributed by atoms with Crippen molar-refractivity contribution < 1.29 is 9.47 Å². The largest absolute Gasteiger partial charge is 0.496 e. The molecule has 1 aliphatic heterocycles. The van der Waals surface area contributed by atoms with Gasteiger partial charge < -0.3 is 14.4 Å². The molecule has 1 aromatic carbocycles. The standard InChI is InChI=1S/C18H29NO2/c1-14-15(2)18(20-4)10-9-16(14)13-19(3)11-5-7-17-8-6-12-21-17/h9-10,17H,5-8,11-13H2,1-4H3. The minimum atomic E-state index is 0.517. The van der Waals surface area contributed by atoms with Crippen molar-refractivity contribution in [1.29, 1.82) is 0 Å². The molecule has 1 heterocycles. The van der Waals surface area contributed by atoms with Crippen LogP contribution >= 0.6 is 0 Å². The van der Waals surface area contributed by atoms with E-state index in [-0.39, 0.29) is 0 Å². The third-order valence-electron chi connectivity index (χ3n) is 4.60. The van der Waals surface area contributed by atoms with Crippen molar-refractivity contribution in [1.82, 2.24) is 4.90 Å². The number of benzene rings is 1. The highest BCUT2D eigenvalue weighted by atomic mass is 16.5. The lowest BCUT2D eigenvalue weighted by Crippen LogP contribution is -2.21. The predicted molar refractivity (Wildman–Crippen MR) is 87.0 cm³/mol. The lowest BCUT2D eigenvalue weighted by Gasteiger charge is -2.20. The Bertz CT molecular complexity index is 453. The van der Waals surface area contributed by atoms with Crippen LogP contribution in [0.15, 0.2) is 12.1 Å². The van der Waals surface area contributed by atoms with E-state index in [4.69, 9.17) is 9.47 Å². The zero-order chi connectivity index (χ0) is 15.2. The Balaban J connectivity index is 1.81. The lowest BCUT2D eigenvalue weighted by atomic mass is 10.0. The van der Waals surface area contributed by atoms with E-state index in [2.05, 4.69) is 37.9 Å². The van der Waals surface area contributed by atoms with Gasteiger partial charge in [-0.15, -0.1) is 0 Å². The molecule has 0 spiro atoms. The smallest absolute Gasteiger partial charge is 0.122 e. The van der Waals surface area contributed by atoms with Crippen LogP contribution in [0.5, 0.6) is 5.75 Å². The average Bonchev–Trinajstić information content (AvgIpc) is 2.97. The fourth-order valence-corrected chi connectivity index (χ4v) is 3.08. The van der Waals surface area contributed by atoms with E-state index < -0.39 is 0 Å². The molecule has 1 saturated heterocycles. The Labute approximate surface area is 129 Å². The normalized spacial score (nSPS) is 18.4. The van der Waals surface area contributed by atoms with Gasteiger partial charge >= 0.3 is 0 Å². The van der Waals surface area contributed by atoms with Crippen LogP contribution in [0.25, 0.3) is 0 Å². The number of hydrogen-bond acceptors (Lipinski definition) is 3. The first-order chi connectivity index (χ1) is 10.1. The Morgan fingerprint density at radius 2 is 2.10 bits per heavy atom. The summed E-state index contributed by atoms with van der Waals surface area (Å²) in [5.41, 5.74) is 4.00. The van der Waals surface area contributed by atoms with Gasteiger partial charge in [0.2, 0.25) is 0 Å². The van der Waals surface area contributed by atoms with Gasteiger partial charge in [0.1, 0.15) is 5.75 Å². The summed E-state index contributed by atoms with van der Waals surface area (Å²) in [6, 6.07) is 4.27. The summed E-state index contributed by atoms with van der Waals surface area (Å²) in [6.45, 7) is 7.42. The van der Waals surface area contributed by atoms with Gasteiger partial charge in [0.15, 0.2) is 0 Å². The molecular weight excluding hydrogens is 262 g/mol. The van der Waals surface area contributed by atoms with Crippen molar-refractivity contribution in [2.24, 2.45) is 0 Å². The summed E-state index contributed by atoms with van der Waals surface area (Å²) >= 11 is 0. The van der Waals surface area contributed by atoms with Crippen LogP contribution < -0.4 is 4.74 Å². The first kappa shape index (κ1) is 16.3. The van der Waals surface area contributed by atoms with E-state index in [9.17, 15) is 0 Å². The first-order valence-corrected chi connectivity index (χ1v) is 8.05. The molecule has 1 atom stereocenters. The van der Waals surface area contributed by atoms with Crippen molar-refractivity contribution in [2.45, 2.75) is 52.2 Å². The molecule has 3 nitrogen and oxygen atoms in total. The molecule has 118 valence electrons. The van der Waals surface area contributed by atoms with Crippen molar-refractivity contribution in [2.75, 3.05) is 27.3 Å². The predicted octanol–water partition coefficient (Wildman–Crippen LogP) is 3.70. The van der Waals surface area contributed by atoms with E-state index in [1.165, 1.54) is 42.4 Å². The van der Waals surface area contributed by atoms with Crippen molar-refractivity contribution in [3.8, 4) is 5.75 Å². The molecule has 0 bridgehead atoms. The van der Waals surface area contributed by atoms with E-state index in [0.29, 0.717) is 6.10 Å². The van der Waals surface area contributed by atoms with E-state index in [0.717, 1.165) is 25.4 Å². The van der Waals surface area contributed by atoms with Gasteiger partial charge in [0.05, 0.1) is 13.2 Å². The highest BCUT2D eigenvalue weighted by molar-refractivity contribution is 5.43. The van der Waals surface area contributed by atoms with Crippen LogP contribution in [-0.2, 0) is 11.3 Å². The van der Waals surface area contributed by atoms with Gasteiger partial charge in [-0.1, -0.05) is 6.07 Å². The van der Waals surface area contributed by atoms with Gasteiger partial charge in [0, 0.05) is 13.2 Å². The fourth-order valence-electron chi connectivity index (χ4n) is 3.08. The Morgan fingerprint density at radius 1 is 1.29 bits per heavy atom. The maximum absolute atomic E-state index is 5.68. The van der Waals surface area contributed by atoms with E-state index >= 15 is 0 Å². The number of hydrogen-bond donors (Lipinski definition) is 0. The summed E-state index contributed by atoms with van der Waals surface area (Å²) < 4.78 is 11.1. The minimum absolute atomic E-state index is 0.517. The second-order valence-electron chi connectivity index (χ2n) is 6.19. The average molecular weight is 291 g/mol. The molecule has 0 saturated carbocycles. The summed E-state index contributed by atoms with van der Waals surface area (Å²) in [5.74, 6) is 0.984. The monoisotopic (exact) mass is 291 g/mol. The Morgan fingerprint density at radius 3 is 2.76 bits per heavy atom. The topological polar surface area (TPSA) is 21.7 Å². The van der Waals surface area contributed by atoms with Crippen LogP contribution in [0.4, 0.5) is 0 Å². The van der Waals surface area contributed by atoms with Gasteiger partial charge in [0.25, 0.3) is 0 Å². The van der Waals surface area contributed by atoms with Gasteiger partial charge in [-0.25, -0.2) is 0 Å². The van der Waals surface area contributed by atoms with Crippen LogP contribution in [0.2, 0.25) is 0 Å². The molecule has 1 unspecified atom stereocenters. The van der Waals surface area contributed by atoms with E-state index in [1.54, 1.807) is 7.11 Å². The molecule has 0 aliphatic carbocycles. The number of ether oxygens (including phenoxy) is 2. The number of methoxy groups -OCH3 is 1. The first-order valence-electron chi connectivity index (χ1n) is 8.05. The highest BCUT2D eigenvalue weighted by Crippen LogP contribution is 2.24. The second kappa shape index (κ2) is 7.81. The molecule has 1 aromatic rings. The summed E-state index contributed by atoms with van der Waals surface area (Å²) in [4.78, 5) is 2.41. The zero-order valence-corrected chi connectivity index (χ0v) is 13.9. The molecule has 2 rings (SSSR count). The fraction of sp³-hybridized carbons (Fsp3) is 0.667. The molecule has 1 aliphatic rings. The molecule has 21 heavy (non-hydrogen) atoms. The van der Waals surface area contributed by atoms with Crippen LogP contribution in [0.3, 0.4) is 0 Å². The molecule has 0 aromatic heterocycles. The number of nitrogens with zero attached hydrogens (tertiary/aromatic N) is 1. The Hall–Kier alpha value is -1.06. The SMILES string of the molecule is COc1ccc(CN(C)CCCC2CCCO2)c(C)c1C. The van der Waals surface area contributed by atoms with Gasteiger partial charge in [-0.2, -0.15) is 0 Å². The molecule has 0 N–H and O–H groups in total. The summed E-state index contributed by atoms with van der Waals surface area (Å²) in [7, 11) is 3.94. The van der Waals surface area contributed by atoms with Crippen molar-refractivity contribution in [3.05, 3.63) is 28.8 Å². The van der Waals surface area contributed by atoms with Crippen LogP contribution in [0, 0.1) is 13.8 Å². The maximum atomic E-state index is 5.68. The van der Waals surface area contributed by atoms with E-state index in [1.807, 2.05) is 0 Å². The highest BCUT2D eigenvalue weighted by Gasteiger charge is 2.15. The zero-order valence-electron chi connectivity index (χ0n) is 13.9. The molecule has 3 heteroatoms. The minimum Gasteiger partial charge on any atom is -0.496 e. The van der Waals surface area contributed by atoms with Crippen molar-refractivity contribution >= 4 is 0 Å². The molecule has 0 amide bonds. The summed E-state index contributed by atoms with van der Waals surface area (Å²) in [5, 5.41) is 0. The Kier molecular flexibility index (Phi) is 6.07. The molecule has 0 radical (unpaired) electrons. The lowest BCUT2D eigenvalue weighted by molar-refractivity contribution is 0.0995. The van der Waals surface area contributed by atoms with Crippen LogP contribution in [0.1, 0.15) is 42.4 Å². The third kappa shape index (κ3) is 4.45. The third-order valence-corrected chi connectivity index (χ3v) is 4.60. The molecular formula is C18H29NO2. The van der Waals surface area contributed by atoms with Crippen LogP contribution in [-0.4, -0.2) is 38.3 Å². The van der Waals surface area contributed by atoms with Gasteiger partial charge in [-0.05, 0) is 75.9 Å². The number of rotatable bonds is 7. The second-order valence-corrected chi connectivity index (χ2v) is 6.19. The van der Waals surface area contributed by atoms with Crippen molar-refractivity contribution in [3.63, 3.8) is 0 Å². The maximum Gasteiger partial charge on any atom is 0.122 e. The molecule has 1 fully saturated rings. The quantitative estimate of drug-likeness (QED) is 0.764.